The van der Waals surface area contributed by atoms with Gasteiger partial charge in [0.15, 0.2) is 11.2 Å². The molecular formula is C33H48F6O6. The van der Waals surface area contributed by atoms with Crippen LogP contribution in [0, 0.1) is 35.5 Å². The Bertz CT molecular complexity index is 1100. The van der Waals surface area contributed by atoms with Crippen LogP contribution in [-0.4, -0.2) is 57.9 Å². The zero-order valence-corrected chi connectivity index (χ0v) is 26.6. The summed E-state index contributed by atoms with van der Waals surface area (Å²) in [5.41, 5.74) is -4.72. The number of halogens is 6. The molecule has 0 saturated heterocycles. The van der Waals surface area contributed by atoms with Crippen LogP contribution in [0.4, 0.5) is 26.3 Å². The van der Waals surface area contributed by atoms with Gasteiger partial charge in [-0.1, -0.05) is 19.6 Å². The Morgan fingerprint density at radius 1 is 0.644 bits per heavy atom. The summed E-state index contributed by atoms with van der Waals surface area (Å²) in [4.78, 5) is 23.4. The van der Waals surface area contributed by atoms with Crippen LogP contribution in [0.1, 0.15) is 98.3 Å². The van der Waals surface area contributed by atoms with Gasteiger partial charge in [0.25, 0.3) is 0 Å². The zero-order chi connectivity index (χ0) is 34.1. The number of hydrogen-bond acceptors (Lipinski definition) is 6. The molecule has 258 valence electrons. The first-order chi connectivity index (χ1) is 20.6. The lowest BCUT2D eigenvalue weighted by molar-refractivity contribution is -0.286. The van der Waals surface area contributed by atoms with Crippen molar-refractivity contribution >= 4 is 11.9 Å². The van der Waals surface area contributed by atoms with Gasteiger partial charge in [-0.3, -0.25) is 0 Å². The van der Waals surface area contributed by atoms with Crippen LogP contribution in [0.5, 0.6) is 0 Å². The van der Waals surface area contributed by atoms with E-state index in [0.717, 1.165) is 26.7 Å². The Morgan fingerprint density at radius 2 is 1.13 bits per heavy atom. The van der Waals surface area contributed by atoms with Crippen molar-refractivity contribution in [1.82, 2.24) is 0 Å². The van der Waals surface area contributed by atoms with Gasteiger partial charge in [0.1, 0.15) is 12.2 Å². The molecule has 0 aromatic carbocycles. The molecule has 4 aliphatic carbocycles. The van der Waals surface area contributed by atoms with Crippen molar-refractivity contribution in [2.24, 2.45) is 35.5 Å². The van der Waals surface area contributed by atoms with Gasteiger partial charge in [-0.25, -0.2) is 9.59 Å². The van der Waals surface area contributed by atoms with E-state index in [0.29, 0.717) is 68.9 Å². The van der Waals surface area contributed by atoms with Crippen molar-refractivity contribution in [2.75, 3.05) is 0 Å². The molecule has 10 atom stereocenters. The molecule has 6 nitrogen and oxygen atoms in total. The molecule has 0 aliphatic heterocycles. The van der Waals surface area contributed by atoms with Gasteiger partial charge in [-0.2, -0.15) is 26.3 Å². The smallest absolute Gasteiger partial charge is 0.417 e. The van der Waals surface area contributed by atoms with E-state index in [4.69, 9.17) is 9.47 Å². The van der Waals surface area contributed by atoms with Gasteiger partial charge >= 0.3 is 24.3 Å². The highest BCUT2D eigenvalue weighted by atomic mass is 19.4. The molecule has 10 unspecified atom stereocenters. The molecule has 0 bridgehead atoms. The van der Waals surface area contributed by atoms with Gasteiger partial charge in [0.05, 0.1) is 0 Å². The lowest BCUT2D eigenvalue weighted by Crippen LogP contribution is -2.55. The molecule has 2 N–H and O–H groups in total. The molecule has 0 amide bonds. The standard InChI is InChI=1S/C17H25F3O3.C16H23F3O3/c1-10(2)15(21)23-14-9-5-6-11-12(14)7-4-8-13(11)16(3,22)17(18,19)20;1-9(2)14(20)22-13-7-4-10-8-11(5-6-12(10)13)15(3,21)16(17,18)19/h11-14,22H,1,4-9H2,2-3H3;10-13,21H,1,4-8H2,2-3H3. The van der Waals surface area contributed by atoms with Gasteiger partial charge in [-0.15, -0.1) is 0 Å². The number of carbonyl (C=O) groups excluding carboxylic acids is 2. The van der Waals surface area contributed by atoms with Crippen LogP contribution in [0.25, 0.3) is 0 Å². The second-order valence-corrected chi connectivity index (χ2v) is 14.0. The maximum Gasteiger partial charge on any atom is 0.417 e. The summed E-state index contributed by atoms with van der Waals surface area (Å²) < 4.78 is 89.5. The number of hydrogen-bond donors (Lipinski definition) is 2. The maximum atomic E-state index is 13.2. The molecule has 0 spiro atoms. The first kappa shape index (κ1) is 37.4. The fraction of sp³-hybridized carbons (Fsp3) is 0.818. The Morgan fingerprint density at radius 3 is 1.64 bits per heavy atom. The number of alkyl halides is 6. The molecule has 0 aromatic heterocycles. The number of fused-ring (bicyclic) bond motifs is 2. The summed E-state index contributed by atoms with van der Waals surface area (Å²) in [6.07, 6.45) is -3.55. The lowest BCUT2D eigenvalue weighted by atomic mass is 9.60. The molecule has 4 saturated carbocycles. The quantitative estimate of drug-likeness (QED) is 0.174. The fourth-order valence-electron chi connectivity index (χ4n) is 8.07. The third-order valence-corrected chi connectivity index (χ3v) is 10.8. The monoisotopic (exact) mass is 654 g/mol. The SMILES string of the molecule is C=C(C)C(=O)OC1CCC2CC(C(C)(O)C(F)(F)F)CCC21.C=C(C)C(=O)OC1CCCC2C1CCCC2C(C)(O)C(F)(F)F. The number of ether oxygens (including phenoxy) is 2. The van der Waals surface area contributed by atoms with E-state index in [1.165, 1.54) is 0 Å². The summed E-state index contributed by atoms with van der Waals surface area (Å²) in [6.45, 7) is 12.0. The Labute approximate surface area is 261 Å². The van der Waals surface area contributed by atoms with Crippen LogP contribution in [0.15, 0.2) is 24.3 Å². The Kier molecular flexibility index (Phi) is 11.6. The van der Waals surface area contributed by atoms with Crippen LogP contribution in [0.2, 0.25) is 0 Å². The zero-order valence-electron chi connectivity index (χ0n) is 26.6. The minimum absolute atomic E-state index is 0.0792. The average molecular weight is 655 g/mol. The van der Waals surface area contributed by atoms with Crippen molar-refractivity contribution in [1.29, 1.82) is 0 Å². The Hall–Kier alpha value is -2.08. The highest BCUT2D eigenvalue weighted by molar-refractivity contribution is 5.87. The summed E-state index contributed by atoms with van der Waals surface area (Å²) in [5, 5.41) is 20.0. The average Bonchev–Trinajstić information content (AvgIpc) is 3.33. The van der Waals surface area contributed by atoms with E-state index < -0.39 is 47.3 Å². The van der Waals surface area contributed by atoms with Gasteiger partial charge in [0, 0.05) is 11.1 Å². The summed E-state index contributed by atoms with van der Waals surface area (Å²) >= 11 is 0. The van der Waals surface area contributed by atoms with Crippen LogP contribution in [0.3, 0.4) is 0 Å². The molecule has 4 rings (SSSR count). The van der Waals surface area contributed by atoms with Gasteiger partial charge in [-0.05, 0) is 127 Å². The second-order valence-electron chi connectivity index (χ2n) is 14.0. The van der Waals surface area contributed by atoms with Crippen LogP contribution >= 0.6 is 0 Å². The predicted molar refractivity (Wildman–Crippen MR) is 154 cm³/mol. The van der Waals surface area contributed by atoms with Gasteiger partial charge in [0.2, 0.25) is 0 Å². The van der Waals surface area contributed by atoms with E-state index in [-0.39, 0.29) is 35.9 Å². The Balaban J connectivity index is 0.000000246. The van der Waals surface area contributed by atoms with E-state index in [9.17, 15) is 46.1 Å². The molecule has 4 fully saturated rings. The number of esters is 2. The minimum atomic E-state index is -4.65. The van der Waals surface area contributed by atoms with E-state index >= 15 is 0 Å². The summed E-state index contributed by atoms with van der Waals surface area (Å²) in [6, 6.07) is 0. The fourth-order valence-corrected chi connectivity index (χ4v) is 8.07. The molecular weight excluding hydrogens is 606 g/mol. The molecule has 12 heteroatoms. The van der Waals surface area contributed by atoms with E-state index in [2.05, 4.69) is 13.2 Å². The molecule has 0 aromatic rings. The molecule has 0 radical (unpaired) electrons. The minimum Gasteiger partial charge on any atom is -0.459 e. The number of rotatable bonds is 6. The maximum absolute atomic E-state index is 13.2. The van der Waals surface area contributed by atoms with Gasteiger partial charge < -0.3 is 19.7 Å². The highest BCUT2D eigenvalue weighted by Crippen LogP contribution is 2.53. The van der Waals surface area contributed by atoms with Crippen molar-refractivity contribution < 1.29 is 55.6 Å². The molecule has 0 heterocycles. The van der Waals surface area contributed by atoms with Crippen molar-refractivity contribution in [3.63, 3.8) is 0 Å². The van der Waals surface area contributed by atoms with Crippen molar-refractivity contribution in [3.05, 3.63) is 24.3 Å². The summed E-state index contributed by atoms with van der Waals surface area (Å²) in [5.74, 6) is -2.75. The van der Waals surface area contributed by atoms with Crippen molar-refractivity contribution in [2.45, 2.75) is 134 Å². The normalized spacial score (nSPS) is 34.4. The third-order valence-electron chi connectivity index (χ3n) is 10.8. The van der Waals surface area contributed by atoms with E-state index in [1.807, 2.05) is 0 Å². The van der Waals surface area contributed by atoms with Crippen LogP contribution < -0.4 is 0 Å². The predicted octanol–water partition coefficient (Wildman–Crippen LogP) is 7.62. The number of carbonyl (C=O) groups is 2. The van der Waals surface area contributed by atoms with Crippen molar-refractivity contribution in [3.8, 4) is 0 Å². The second kappa shape index (κ2) is 14.0. The highest BCUT2D eigenvalue weighted by Gasteiger charge is 2.60. The van der Waals surface area contributed by atoms with E-state index in [1.54, 1.807) is 13.8 Å². The third kappa shape index (κ3) is 8.26. The molecule has 45 heavy (non-hydrogen) atoms. The van der Waals surface area contributed by atoms with Crippen LogP contribution in [-0.2, 0) is 19.1 Å². The lowest BCUT2D eigenvalue weighted by Gasteiger charge is -2.49. The largest absolute Gasteiger partial charge is 0.459 e. The summed E-state index contributed by atoms with van der Waals surface area (Å²) in [7, 11) is 0. The first-order valence-electron chi connectivity index (χ1n) is 15.9. The first-order valence-corrected chi connectivity index (χ1v) is 15.9. The molecule has 4 aliphatic rings. The number of aliphatic hydroxyl groups is 2. The topological polar surface area (TPSA) is 93.1 Å².